The molecule has 1 amide bonds. The second-order valence-corrected chi connectivity index (χ2v) is 19.0. The van der Waals surface area contributed by atoms with Crippen LogP contribution in [0.1, 0.15) is 78.3 Å². The lowest BCUT2D eigenvalue weighted by atomic mass is 9.97. The number of esters is 1. The third-order valence-corrected chi connectivity index (χ3v) is 14.9. The first-order valence-electron chi connectivity index (χ1n) is 24.5. The molecule has 0 aliphatic carbocycles. The summed E-state index contributed by atoms with van der Waals surface area (Å²) < 4.78 is 19.6. The van der Waals surface area contributed by atoms with Crippen molar-refractivity contribution in [2.75, 3.05) is 69.3 Å². The molecule has 6 aromatic rings. The van der Waals surface area contributed by atoms with Crippen LogP contribution in [0.4, 0.5) is 11.5 Å². The molecule has 69 heavy (non-hydrogen) atoms. The molecular weight excluding hydrogens is 873 g/mol. The van der Waals surface area contributed by atoms with Gasteiger partial charge in [0, 0.05) is 71.9 Å². The fraction of sp³-hybridized carbons (Fsp3) is 0.407. The highest BCUT2D eigenvalue weighted by atomic mass is 16.5. The van der Waals surface area contributed by atoms with E-state index >= 15 is 0 Å². The Morgan fingerprint density at radius 1 is 0.899 bits per heavy atom. The molecule has 11 rings (SSSR count). The quantitative estimate of drug-likeness (QED) is 0.112. The number of ether oxygens (including phenoxy) is 3. The lowest BCUT2D eigenvalue weighted by molar-refractivity contribution is -0.157. The van der Waals surface area contributed by atoms with E-state index in [-0.39, 0.29) is 35.8 Å². The van der Waals surface area contributed by atoms with Crippen LogP contribution in [0.2, 0.25) is 0 Å². The molecule has 2 atom stereocenters. The molecule has 5 aliphatic heterocycles. The second-order valence-electron chi connectivity index (χ2n) is 19.0. The highest BCUT2D eigenvalue weighted by molar-refractivity contribution is 5.97. The van der Waals surface area contributed by atoms with Gasteiger partial charge in [-0.2, -0.15) is 9.97 Å². The van der Waals surface area contributed by atoms with E-state index in [9.17, 15) is 19.5 Å². The molecule has 0 saturated carbocycles. The number of likely N-dealkylation sites (tertiary alicyclic amines) is 1. The van der Waals surface area contributed by atoms with E-state index in [0.717, 1.165) is 71.5 Å². The molecule has 0 bridgehead atoms. The van der Waals surface area contributed by atoms with Crippen LogP contribution in [0.15, 0.2) is 77.1 Å². The Morgan fingerprint density at radius 2 is 1.72 bits per heavy atom. The lowest BCUT2D eigenvalue weighted by Gasteiger charge is -2.38. The number of nitrogens with zero attached hydrogens (tertiary/aromatic N) is 8. The number of pyridine rings is 2. The summed E-state index contributed by atoms with van der Waals surface area (Å²) in [5.41, 5.74) is 9.42. The van der Waals surface area contributed by atoms with E-state index in [0.29, 0.717) is 93.5 Å². The minimum absolute atomic E-state index is 0.0374. The zero-order valence-electron chi connectivity index (χ0n) is 39.8. The Balaban J connectivity index is 0.798. The van der Waals surface area contributed by atoms with Crippen molar-refractivity contribution in [3.05, 3.63) is 122 Å². The van der Waals surface area contributed by atoms with Gasteiger partial charge >= 0.3 is 12.0 Å². The van der Waals surface area contributed by atoms with E-state index in [1.165, 1.54) is 22.0 Å². The Bertz CT molecular complexity index is 3140. The predicted octanol–water partition coefficient (Wildman–Crippen LogP) is 6.43. The van der Waals surface area contributed by atoms with Crippen LogP contribution < -0.4 is 24.8 Å². The molecule has 3 aromatic heterocycles. The normalized spacial score (nSPS) is 19.1. The lowest BCUT2D eigenvalue weighted by Crippen LogP contribution is -2.50. The molecule has 356 valence electrons. The van der Waals surface area contributed by atoms with E-state index in [1.54, 1.807) is 10.6 Å². The highest BCUT2D eigenvalue weighted by Gasteiger charge is 2.35. The molecule has 3 aromatic carbocycles. The molecule has 0 radical (unpaired) electrons. The minimum atomic E-state index is -1.51. The first-order chi connectivity index (χ1) is 33.6. The summed E-state index contributed by atoms with van der Waals surface area (Å²) in [5, 5.41) is 14.0. The molecule has 2 saturated heterocycles. The number of allylic oxidation sites excluding steroid dienone is 1. The smallest absolute Gasteiger partial charge is 0.340 e. The summed E-state index contributed by atoms with van der Waals surface area (Å²) in [7, 11) is 2.15. The molecule has 5 aliphatic rings. The zero-order valence-corrected chi connectivity index (χ0v) is 39.8. The number of carbonyl (C=O) groups is 2. The van der Waals surface area contributed by atoms with Crippen LogP contribution in [0.3, 0.4) is 0 Å². The molecule has 15 heteroatoms. The summed E-state index contributed by atoms with van der Waals surface area (Å²) in [6.07, 6.45) is 4.86. The molecule has 15 nitrogen and oxygen atoms in total. The molecule has 2 fully saturated rings. The first-order valence-corrected chi connectivity index (χ1v) is 24.5. The molecular formula is C54H58N8O7. The number of aromatic nitrogens is 4. The number of cyclic esters (lactones) is 1. The summed E-state index contributed by atoms with van der Waals surface area (Å²) in [5.74, 6) is 0.718. The van der Waals surface area contributed by atoms with Crippen molar-refractivity contribution in [2.24, 2.45) is 0 Å². The van der Waals surface area contributed by atoms with Gasteiger partial charge in [0.1, 0.15) is 31.4 Å². The summed E-state index contributed by atoms with van der Waals surface area (Å²) >= 11 is 0. The Labute approximate surface area is 400 Å². The molecule has 0 spiro atoms. The number of piperazine rings is 1. The zero-order chi connectivity index (χ0) is 47.5. The monoisotopic (exact) mass is 930 g/mol. The molecule has 8 heterocycles. The van der Waals surface area contributed by atoms with Crippen molar-refractivity contribution in [1.82, 2.24) is 29.3 Å². The van der Waals surface area contributed by atoms with Gasteiger partial charge < -0.3 is 43.5 Å². The highest BCUT2D eigenvalue weighted by Crippen LogP contribution is 2.40. The van der Waals surface area contributed by atoms with Gasteiger partial charge in [0.15, 0.2) is 6.10 Å². The predicted molar refractivity (Wildman–Crippen MR) is 264 cm³/mol. The number of rotatable bonds is 11. The number of aryl methyl sites for hydroxylation is 2. The third kappa shape index (κ3) is 8.04. The van der Waals surface area contributed by atoms with E-state index in [1.807, 2.05) is 36.1 Å². The van der Waals surface area contributed by atoms with Crippen molar-refractivity contribution < 1.29 is 28.9 Å². The van der Waals surface area contributed by atoms with Crippen LogP contribution in [-0.4, -0.2) is 112 Å². The standard InChI is InChI=1S/C54H58N8O7/c1-5-10-34(29-67-36-16-17-43-39(25-36)37(6-2)41-27-62-46(48(41)55-43)26-40-42(52(62)65)31-68-53(66)49(40)63)51(64)60-23-21-59(22-24-60)50-38-18-20-61(45-15-8-13-33-12-7-11-32(3)47(33)45)28-44(38)56-54(57-50)69-30-35-14-9-19-58(35)4/h7-8,10-13,15-17,25-26,35,49,63H,5-6,9,14,18-24,27-31H2,1-4H3/b34-10+. The molecule has 1 N–H and O–H groups in total. The topological polar surface area (TPSA) is 156 Å². The Hall–Kier alpha value is -6.84. The number of likely N-dealkylation sites (N-methyl/N-ethyl adjacent to an activating group) is 1. The number of fused-ring (bicyclic) bond motifs is 7. The number of carbonyl (C=O) groups excluding carboxylic acids is 2. The maximum atomic E-state index is 14.3. The largest absolute Gasteiger partial charge is 0.489 e. The van der Waals surface area contributed by atoms with Crippen molar-refractivity contribution in [1.29, 1.82) is 0 Å². The van der Waals surface area contributed by atoms with E-state index < -0.39 is 12.1 Å². The van der Waals surface area contributed by atoms with Crippen LogP contribution >= 0.6 is 0 Å². The molecule has 2 unspecified atom stereocenters. The van der Waals surface area contributed by atoms with Gasteiger partial charge in [-0.25, -0.2) is 9.78 Å². The summed E-state index contributed by atoms with van der Waals surface area (Å²) in [6.45, 7) is 12.0. The maximum Gasteiger partial charge on any atom is 0.340 e. The van der Waals surface area contributed by atoms with Crippen molar-refractivity contribution >= 4 is 45.1 Å². The minimum Gasteiger partial charge on any atom is -0.489 e. The fourth-order valence-electron chi connectivity index (χ4n) is 11.2. The van der Waals surface area contributed by atoms with Gasteiger partial charge in [-0.1, -0.05) is 50.3 Å². The Kier molecular flexibility index (Phi) is 11.8. The second kappa shape index (κ2) is 18.2. The van der Waals surface area contributed by atoms with Crippen molar-refractivity contribution in [3.8, 4) is 23.1 Å². The van der Waals surface area contributed by atoms with Crippen LogP contribution in [0.5, 0.6) is 11.8 Å². The van der Waals surface area contributed by atoms with Gasteiger partial charge in [0.2, 0.25) is 0 Å². The van der Waals surface area contributed by atoms with Gasteiger partial charge in [0.05, 0.1) is 46.8 Å². The summed E-state index contributed by atoms with van der Waals surface area (Å²) in [6, 6.07) is 21.2. The maximum absolute atomic E-state index is 14.3. The SMILES string of the molecule is CC/C=C(\COc1ccc2nc3c(c(CC)c2c1)Cn1c-3cc2c(c1=O)COC(=O)C2O)C(=O)N1CCN(c2nc(OCC3CCCN3C)nc3c2CCN(c2cccc4cccc(C)c24)C3)CC1. The van der Waals surface area contributed by atoms with Crippen LogP contribution in [0, 0.1) is 6.92 Å². The van der Waals surface area contributed by atoms with Crippen LogP contribution in [-0.2, 0) is 46.9 Å². The Morgan fingerprint density at radius 3 is 2.51 bits per heavy atom. The van der Waals surface area contributed by atoms with Gasteiger partial charge in [-0.05, 0) is 99.5 Å². The number of hydrogen-bond acceptors (Lipinski definition) is 13. The fourth-order valence-corrected chi connectivity index (χ4v) is 11.2. The van der Waals surface area contributed by atoms with E-state index in [4.69, 9.17) is 29.2 Å². The number of aliphatic hydroxyl groups is 1. The van der Waals surface area contributed by atoms with Crippen molar-refractivity contribution in [2.45, 2.75) is 84.7 Å². The summed E-state index contributed by atoms with van der Waals surface area (Å²) in [4.78, 5) is 64.3. The average molecular weight is 931 g/mol. The number of anilines is 2. The van der Waals surface area contributed by atoms with Gasteiger partial charge in [-0.15, -0.1) is 0 Å². The van der Waals surface area contributed by atoms with Gasteiger partial charge in [-0.3, -0.25) is 9.59 Å². The first kappa shape index (κ1) is 44.7. The van der Waals surface area contributed by atoms with Crippen molar-refractivity contribution in [3.63, 3.8) is 0 Å². The number of aliphatic hydroxyl groups excluding tert-OH is 1. The average Bonchev–Trinajstić information content (AvgIpc) is 3.96. The number of benzene rings is 3. The van der Waals surface area contributed by atoms with Gasteiger partial charge in [0.25, 0.3) is 11.5 Å². The number of amides is 1. The van der Waals surface area contributed by atoms with E-state index in [2.05, 4.69) is 72.0 Å². The van der Waals surface area contributed by atoms with Crippen LogP contribution in [0.25, 0.3) is 33.1 Å². The third-order valence-electron chi connectivity index (χ3n) is 14.9. The number of hydrogen-bond donors (Lipinski definition) is 1.